The second kappa shape index (κ2) is 31.5. The van der Waals surface area contributed by atoms with Crippen LogP contribution in [0.4, 0.5) is 0 Å². The van der Waals surface area contributed by atoms with Crippen LogP contribution in [0.5, 0.6) is 0 Å². The molecule has 2 unspecified atom stereocenters. The number of allylic oxidation sites excluding steroid dienone is 1. The molecule has 0 aromatic heterocycles. The molecule has 0 radical (unpaired) electrons. The molecule has 45 heavy (non-hydrogen) atoms. The average Bonchev–Trinajstić information content (AvgIpc) is 3.87. The highest BCUT2D eigenvalue weighted by Gasteiger charge is 2.19. The van der Waals surface area contributed by atoms with Crippen LogP contribution in [0.3, 0.4) is 0 Å². The molecule has 2 atom stereocenters. The summed E-state index contributed by atoms with van der Waals surface area (Å²) in [5.41, 5.74) is 12.3. The van der Waals surface area contributed by atoms with Crippen LogP contribution in [0.15, 0.2) is 11.5 Å². The van der Waals surface area contributed by atoms with E-state index in [0.29, 0.717) is 106 Å². The molecule has 0 heterocycles. The lowest BCUT2D eigenvalue weighted by atomic mass is 10.3. The Bertz CT molecular complexity index is 725. The van der Waals surface area contributed by atoms with E-state index in [4.69, 9.17) is 62.6 Å². The van der Waals surface area contributed by atoms with Crippen LogP contribution in [0.1, 0.15) is 32.6 Å². The molecule has 0 aromatic carbocycles. The maximum absolute atomic E-state index is 6.93. The van der Waals surface area contributed by atoms with Crippen molar-refractivity contribution in [1.82, 2.24) is 16.0 Å². The van der Waals surface area contributed by atoms with Crippen molar-refractivity contribution in [3.63, 3.8) is 0 Å². The Hall–Kier alpha value is -1.10. The molecule has 0 bridgehead atoms. The van der Waals surface area contributed by atoms with Gasteiger partial charge in [0.25, 0.3) is 6.02 Å². The lowest BCUT2D eigenvalue weighted by Crippen LogP contribution is -2.41. The standard InChI is InChI=1S/C28H57IN6O10/c1-24(33-6-11-38-20-23-45-29)41-21-18-39-16-14-36-12-7-34-26(25-4-5-25)42-9-2-3-10-44-28(32)35-8-13-37-15-17-40-19-22-43-27(30)31/h24,28,33-35H,2-23,32H2,1H3,(H3,30,31). The third-order valence-corrected chi connectivity index (χ3v) is 6.28. The first-order chi connectivity index (χ1) is 22.0. The molecule has 0 saturated heterocycles. The van der Waals surface area contributed by atoms with Crippen molar-refractivity contribution in [2.45, 2.75) is 45.2 Å². The molecule has 266 valence electrons. The summed E-state index contributed by atoms with van der Waals surface area (Å²) in [6, 6.07) is -0.313. The Labute approximate surface area is 282 Å². The van der Waals surface area contributed by atoms with Gasteiger partial charge < -0.3 is 56.7 Å². The van der Waals surface area contributed by atoms with E-state index in [1.807, 2.05) is 29.9 Å². The molecule has 1 fully saturated rings. The number of amidine groups is 1. The first kappa shape index (κ1) is 41.9. The summed E-state index contributed by atoms with van der Waals surface area (Å²) >= 11 is 1.85. The minimum Gasteiger partial charge on any atom is -0.479 e. The topological polar surface area (TPSA) is 204 Å². The van der Waals surface area contributed by atoms with Crippen LogP contribution in [-0.4, -0.2) is 137 Å². The number of ether oxygens (including phenoxy) is 9. The Morgan fingerprint density at radius 3 is 1.89 bits per heavy atom. The fourth-order valence-electron chi connectivity index (χ4n) is 3.45. The van der Waals surface area contributed by atoms with E-state index in [1.165, 1.54) is 5.57 Å². The van der Waals surface area contributed by atoms with Gasteiger partial charge in [0, 0.05) is 19.6 Å². The van der Waals surface area contributed by atoms with Crippen LogP contribution in [-0.2, 0) is 45.7 Å². The molecule has 1 aliphatic carbocycles. The Balaban J connectivity index is 1.86. The zero-order chi connectivity index (χ0) is 32.6. The van der Waals surface area contributed by atoms with E-state index < -0.39 is 6.35 Å². The van der Waals surface area contributed by atoms with Crippen molar-refractivity contribution in [2.75, 3.05) is 119 Å². The number of nitrogens with one attached hydrogen (secondary N) is 4. The SMILES string of the molecule is CC(NCCOCCOI)OCCOCCOCCNC(OCCCCOC(N)NCCOCCOCCOC(=N)N)=C1CC1. The van der Waals surface area contributed by atoms with Crippen molar-refractivity contribution >= 4 is 29.0 Å². The molecule has 17 heteroatoms. The van der Waals surface area contributed by atoms with Gasteiger partial charge in [-0.15, -0.1) is 0 Å². The Morgan fingerprint density at radius 1 is 0.689 bits per heavy atom. The van der Waals surface area contributed by atoms with E-state index in [-0.39, 0.29) is 18.9 Å². The maximum Gasteiger partial charge on any atom is 0.279 e. The van der Waals surface area contributed by atoms with Crippen LogP contribution in [0.25, 0.3) is 0 Å². The molecule has 1 aliphatic rings. The summed E-state index contributed by atoms with van der Waals surface area (Å²) in [5.74, 6) is 0.880. The fraction of sp³-hybridized carbons (Fsp3) is 0.893. The largest absolute Gasteiger partial charge is 0.479 e. The van der Waals surface area contributed by atoms with E-state index in [0.717, 1.165) is 38.1 Å². The molecular weight excluding hydrogens is 707 g/mol. The van der Waals surface area contributed by atoms with Gasteiger partial charge in [-0.05, 0) is 38.2 Å². The second-order valence-corrected chi connectivity index (χ2v) is 10.3. The minimum atomic E-state index is -0.549. The van der Waals surface area contributed by atoms with Crippen molar-refractivity contribution < 1.29 is 45.7 Å². The summed E-state index contributed by atoms with van der Waals surface area (Å²) in [6.07, 6.45) is 3.24. The molecular formula is C28H57IN6O10. The van der Waals surface area contributed by atoms with E-state index >= 15 is 0 Å². The van der Waals surface area contributed by atoms with Crippen molar-refractivity contribution in [3.8, 4) is 0 Å². The third kappa shape index (κ3) is 30.0. The molecule has 0 spiro atoms. The highest BCUT2D eigenvalue weighted by Crippen LogP contribution is 2.30. The van der Waals surface area contributed by atoms with E-state index in [9.17, 15) is 0 Å². The van der Waals surface area contributed by atoms with Gasteiger partial charge in [-0.25, -0.2) is 0 Å². The van der Waals surface area contributed by atoms with Gasteiger partial charge in [0.1, 0.15) is 35.8 Å². The molecule has 1 rings (SSSR count). The average molecular weight is 765 g/mol. The maximum atomic E-state index is 6.93. The number of hydrogen-bond acceptors (Lipinski definition) is 15. The van der Waals surface area contributed by atoms with Gasteiger partial charge >= 0.3 is 0 Å². The number of halogens is 1. The van der Waals surface area contributed by atoms with Crippen molar-refractivity contribution in [2.24, 2.45) is 11.5 Å². The Morgan fingerprint density at radius 2 is 1.24 bits per heavy atom. The van der Waals surface area contributed by atoms with Crippen molar-refractivity contribution in [3.05, 3.63) is 11.5 Å². The van der Waals surface area contributed by atoms with Gasteiger partial charge in [-0.1, -0.05) is 0 Å². The first-order valence-corrected chi connectivity index (χ1v) is 16.5. The van der Waals surface area contributed by atoms with E-state index in [1.54, 1.807) is 0 Å². The summed E-state index contributed by atoms with van der Waals surface area (Å²) < 4.78 is 54.2. The van der Waals surface area contributed by atoms with E-state index in [2.05, 4.69) is 16.0 Å². The van der Waals surface area contributed by atoms with Crippen LogP contribution in [0.2, 0.25) is 0 Å². The van der Waals surface area contributed by atoms with Crippen LogP contribution in [0, 0.1) is 5.41 Å². The molecule has 16 nitrogen and oxygen atoms in total. The molecule has 1 saturated carbocycles. The lowest BCUT2D eigenvalue weighted by molar-refractivity contribution is -0.0178. The van der Waals surface area contributed by atoms with Gasteiger partial charge in [-0.2, -0.15) is 0 Å². The van der Waals surface area contributed by atoms with Gasteiger partial charge in [0.05, 0.1) is 92.5 Å². The monoisotopic (exact) mass is 764 g/mol. The van der Waals surface area contributed by atoms with Crippen LogP contribution >= 0.6 is 23.0 Å². The summed E-state index contributed by atoms with van der Waals surface area (Å²) in [6.45, 7) is 11.5. The highest BCUT2D eigenvalue weighted by atomic mass is 127. The molecule has 8 N–H and O–H groups in total. The van der Waals surface area contributed by atoms with Crippen LogP contribution < -0.4 is 27.4 Å². The third-order valence-electron chi connectivity index (χ3n) is 5.84. The number of rotatable bonds is 35. The fourth-order valence-corrected chi connectivity index (χ4v) is 3.63. The summed E-state index contributed by atoms with van der Waals surface area (Å²) in [4.78, 5) is 0. The molecule has 0 amide bonds. The quantitative estimate of drug-likeness (QED) is 0.0130. The Kier molecular flexibility index (Phi) is 29.3. The lowest BCUT2D eigenvalue weighted by Gasteiger charge is -2.16. The normalized spacial score (nSPS) is 13.9. The predicted octanol–water partition coefficient (Wildman–Crippen LogP) is 0.539. The van der Waals surface area contributed by atoms with Gasteiger partial charge in [0.15, 0.2) is 12.2 Å². The second-order valence-electron chi connectivity index (χ2n) is 9.72. The smallest absolute Gasteiger partial charge is 0.279 e. The minimum absolute atomic E-state index is 0.0612. The van der Waals surface area contributed by atoms with Crippen molar-refractivity contribution in [1.29, 1.82) is 5.41 Å². The first-order valence-electron chi connectivity index (χ1n) is 15.7. The molecule has 0 aliphatic heterocycles. The van der Waals surface area contributed by atoms with Gasteiger partial charge in [0.2, 0.25) is 0 Å². The zero-order valence-corrected chi connectivity index (χ0v) is 29.0. The zero-order valence-electron chi connectivity index (χ0n) is 26.8. The summed E-state index contributed by atoms with van der Waals surface area (Å²) in [7, 11) is 0. The summed E-state index contributed by atoms with van der Waals surface area (Å²) in [5, 5.41) is 16.6. The number of hydrogen-bond donors (Lipinski definition) is 6. The molecule has 0 aromatic rings. The number of unbranched alkanes of at least 4 members (excludes halogenated alkanes) is 1. The number of nitrogens with two attached hydrogens (primary N) is 2. The highest BCUT2D eigenvalue weighted by molar-refractivity contribution is 14.1. The van der Waals surface area contributed by atoms with Gasteiger partial charge in [-0.3, -0.25) is 21.8 Å². The predicted molar refractivity (Wildman–Crippen MR) is 177 cm³/mol.